The maximum Gasteiger partial charge on any atom is 0.295 e. The first-order valence-electron chi connectivity index (χ1n) is 7.25. The van der Waals surface area contributed by atoms with Gasteiger partial charge in [-0.15, -0.1) is 0 Å². The number of carbonyl (C=O) groups is 2. The van der Waals surface area contributed by atoms with Gasteiger partial charge in [0.25, 0.3) is 11.8 Å². The number of nitrogens with two attached hydrogens (primary N) is 1. The molecule has 2 aromatic rings. The van der Waals surface area contributed by atoms with Crippen LogP contribution in [0.15, 0.2) is 59.2 Å². The molecule has 0 saturated heterocycles. The number of aliphatic imine (C=N–C) groups is 1. The van der Waals surface area contributed by atoms with Crippen LogP contribution in [-0.4, -0.2) is 17.6 Å². The van der Waals surface area contributed by atoms with Crippen molar-refractivity contribution in [2.75, 3.05) is 0 Å². The van der Waals surface area contributed by atoms with Gasteiger partial charge in [0, 0.05) is 21.2 Å². The van der Waals surface area contributed by atoms with Crippen LogP contribution in [0.5, 0.6) is 0 Å². The Morgan fingerprint density at radius 3 is 2.20 bits per heavy atom. The average molecular weight is 376 g/mol. The van der Waals surface area contributed by atoms with Crippen molar-refractivity contribution in [3.05, 3.63) is 75.4 Å². The monoisotopic (exact) mass is 375 g/mol. The molecule has 0 aliphatic heterocycles. The van der Waals surface area contributed by atoms with Crippen molar-refractivity contribution in [3.8, 4) is 0 Å². The molecule has 25 heavy (non-hydrogen) atoms. The number of hydrogen-bond acceptors (Lipinski definition) is 2. The molecule has 2 rings (SSSR count). The summed E-state index contributed by atoms with van der Waals surface area (Å²) in [5.41, 5.74) is 6.16. The third-order valence-corrected chi connectivity index (χ3v) is 3.74. The lowest BCUT2D eigenvalue weighted by atomic mass is 10.1. The molecular weight excluding hydrogens is 361 g/mol. The summed E-state index contributed by atoms with van der Waals surface area (Å²) in [7, 11) is 0. The highest BCUT2D eigenvalue weighted by atomic mass is 35.5. The molecule has 5 nitrogen and oxygen atoms in total. The zero-order valence-corrected chi connectivity index (χ0v) is 14.8. The van der Waals surface area contributed by atoms with Crippen molar-refractivity contribution in [1.82, 2.24) is 5.32 Å². The fourth-order valence-electron chi connectivity index (χ4n) is 1.95. The third-order valence-electron chi connectivity index (χ3n) is 3.08. The molecule has 128 valence electrons. The second kappa shape index (κ2) is 8.46. The number of rotatable bonds is 4. The van der Waals surface area contributed by atoms with Gasteiger partial charge < -0.3 is 11.1 Å². The molecule has 0 bridgehead atoms. The summed E-state index contributed by atoms with van der Waals surface area (Å²) >= 11 is 12.2. The van der Waals surface area contributed by atoms with Crippen molar-refractivity contribution >= 4 is 46.9 Å². The third kappa shape index (κ3) is 5.17. The zero-order chi connectivity index (χ0) is 18.4. The van der Waals surface area contributed by atoms with Crippen LogP contribution in [0.1, 0.15) is 22.8 Å². The van der Waals surface area contributed by atoms with E-state index in [0.29, 0.717) is 21.2 Å². The molecule has 0 heterocycles. The Kier molecular flexibility index (Phi) is 6.33. The summed E-state index contributed by atoms with van der Waals surface area (Å²) in [6, 6.07) is 13.4. The van der Waals surface area contributed by atoms with E-state index in [-0.39, 0.29) is 11.5 Å². The molecular formula is C18H15Cl2N3O2. The van der Waals surface area contributed by atoms with Gasteiger partial charge >= 0.3 is 0 Å². The number of amides is 2. The Bertz CT molecular complexity index is 838. The number of amidine groups is 1. The quantitative estimate of drug-likeness (QED) is 0.485. The highest BCUT2D eigenvalue weighted by Crippen LogP contribution is 2.26. The molecule has 3 N–H and O–H groups in total. The van der Waals surface area contributed by atoms with Crippen LogP contribution < -0.4 is 11.1 Å². The minimum Gasteiger partial charge on any atom is -0.387 e. The lowest BCUT2D eigenvalue weighted by Gasteiger charge is -2.09. The molecule has 0 aliphatic rings. The second-order valence-electron chi connectivity index (χ2n) is 5.07. The van der Waals surface area contributed by atoms with E-state index in [1.165, 1.54) is 13.0 Å². The van der Waals surface area contributed by atoms with Crippen LogP contribution in [-0.2, 0) is 4.79 Å². The second-order valence-corrected chi connectivity index (χ2v) is 5.89. The largest absolute Gasteiger partial charge is 0.387 e. The molecule has 2 aromatic carbocycles. The van der Waals surface area contributed by atoms with Crippen LogP contribution >= 0.6 is 23.2 Å². The first-order valence-corrected chi connectivity index (χ1v) is 8.01. The summed E-state index contributed by atoms with van der Waals surface area (Å²) in [5, 5.41) is 3.20. The molecule has 0 saturated carbocycles. The van der Waals surface area contributed by atoms with E-state index in [2.05, 4.69) is 10.3 Å². The van der Waals surface area contributed by atoms with Crippen LogP contribution in [0.2, 0.25) is 10.0 Å². The Balaban J connectivity index is 2.43. The van der Waals surface area contributed by atoms with Gasteiger partial charge in [-0.05, 0) is 37.3 Å². The van der Waals surface area contributed by atoms with E-state index in [1.807, 2.05) is 0 Å². The van der Waals surface area contributed by atoms with Crippen LogP contribution in [0.4, 0.5) is 0 Å². The molecule has 0 radical (unpaired) electrons. The number of hydrogen-bond donors (Lipinski definition) is 2. The number of benzene rings is 2. The summed E-state index contributed by atoms with van der Waals surface area (Å²) in [6.45, 7) is 1.47. The summed E-state index contributed by atoms with van der Waals surface area (Å²) in [6.07, 6.45) is 1.38. The number of carbonyl (C=O) groups excluding carboxylic acids is 2. The first-order chi connectivity index (χ1) is 11.9. The van der Waals surface area contributed by atoms with Crippen molar-refractivity contribution < 1.29 is 9.59 Å². The maximum absolute atomic E-state index is 12.4. The van der Waals surface area contributed by atoms with Gasteiger partial charge in [-0.3, -0.25) is 9.59 Å². The van der Waals surface area contributed by atoms with Crippen molar-refractivity contribution in [2.45, 2.75) is 6.92 Å². The highest BCUT2D eigenvalue weighted by molar-refractivity contribution is 6.37. The molecule has 0 atom stereocenters. The number of halogens is 2. The fourth-order valence-corrected chi connectivity index (χ4v) is 2.46. The molecule has 0 aromatic heterocycles. The predicted molar refractivity (Wildman–Crippen MR) is 101 cm³/mol. The normalized spacial score (nSPS) is 12.0. The standard InChI is InChI=1S/C18H15Cl2N3O2/c1-11(21)22-18(25)16(10-13-14(19)8-5-9-15(13)20)23-17(24)12-6-3-2-4-7-12/h2-10H,1H3,(H,23,24)(H2,21,22,25)/b16-10+. The van der Waals surface area contributed by atoms with E-state index in [4.69, 9.17) is 28.9 Å². The van der Waals surface area contributed by atoms with Gasteiger partial charge in [-0.25, -0.2) is 0 Å². The van der Waals surface area contributed by atoms with E-state index in [0.717, 1.165) is 0 Å². The van der Waals surface area contributed by atoms with Gasteiger partial charge in [-0.2, -0.15) is 4.99 Å². The Morgan fingerprint density at radius 2 is 1.64 bits per heavy atom. The van der Waals surface area contributed by atoms with Gasteiger partial charge in [0.15, 0.2) is 0 Å². The minimum atomic E-state index is -0.708. The topological polar surface area (TPSA) is 84.5 Å². The maximum atomic E-state index is 12.4. The smallest absolute Gasteiger partial charge is 0.295 e. The van der Waals surface area contributed by atoms with Gasteiger partial charge in [0.2, 0.25) is 0 Å². The molecule has 7 heteroatoms. The van der Waals surface area contributed by atoms with Gasteiger partial charge in [0.1, 0.15) is 11.5 Å². The SMILES string of the molecule is CC(N)=NC(=O)/C(=C\c1c(Cl)cccc1Cl)NC(=O)c1ccccc1. The van der Waals surface area contributed by atoms with E-state index >= 15 is 0 Å². The minimum absolute atomic E-state index is 0.0649. The van der Waals surface area contributed by atoms with Gasteiger partial charge in [-0.1, -0.05) is 47.5 Å². The summed E-state index contributed by atoms with van der Waals surface area (Å²) in [5.74, 6) is -1.11. The van der Waals surface area contributed by atoms with E-state index in [9.17, 15) is 9.59 Å². The number of nitrogens with zero attached hydrogens (tertiary/aromatic N) is 1. The van der Waals surface area contributed by atoms with Crippen molar-refractivity contribution in [3.63, 3.8) is 0 Å². The Hall–Kier alpha value is -2.63. The molecule has 0 spiro atoms. The van der Waals surface area contributed by atoms with Crippen molar-refractivity contribution in [1.29, 1.82) is 0 Å². The molecule has 0 aliphatic carbocycles. The lowest BCUT2D eigenvalue weighted by Crippen LogP contribution is -2.27. The number of nitrogens with one attached hydrogen (secondary N) is 1. The molecule has 2 amide bonds. The zero-order valence-electron chi connectivity index (χ0n) is 13.3. The van der Waals surface area contributed by atoms with Crippen molar-refractivity contribution in [2.24, 2.45) is 10.7 Å². The van der Waals surface area contributed by atoms with Gasteiger partial charge in [0.05, 0.1) is 0 Å². The van der Waals surface area contributed by atoms with E-state index in [1.54, 1.807) is 48.5 Å². The summed E-state index contributed by atoms with van der Waals surface area (Å²) < 4.78 is 0. The summed E-state index contributed by atoms with van der Waals surface area (Å²) in [4.78, 5) is 28.3. The molecule has 0 unspecified atom stereocenters. The Morgan fingerprint density at radius 1 is 1.04 bits per heavy atom. The predicted octanol–water partition coefficient (Wildman–Crippen LogP) is 3.67. The highest BCUT2D eigenvalue weighted by Gasteiger charge is 2.16. The first kappa shape index (κ1) is 18.7. The average Bonchev–Trinajstić information content (AvgIpc) is 2.57. The van der Waals surface area contributed by atoms with Crippen LogP contribution in [0.25, 0.3) is 6.08 Å². The fraction of sp³-hybridized carbons (Fsp3) is 0.0556. The van der Waals surface area contributed by atoms with Crippen LogP contribution in [0, 0.1) is 0 Å². The Labute approximate surface area is 155 Å². The molecule has 0 fully saturated rings. The lowest BCUT2D eigenvalue weighted by molar-refractivity contribution is -0.114. The van der Waals surface area contributed by atoms with E-state index < -0.39 is 11.8 Å². The van der Waals surface area contributed by atoms with Crippen LogP contribution in [0.3, 0.4) is 0 Å².